The van der Waals surface area contributed by atoms with E-state index in [0.717, 1.165) is 13.1 Å². The third kappa shape index (κ3) is 2.77. The Balaban J connectivity index is 2.10. The van der Waals surface area contributed by atoms with Gasteiger partial charge in [0.25, 0.3) is 0 Å². The molecule has 1 rings (SSSR count). The molecule has 0 aliphatic carbocycles. The van der Waals surface area contributed by atoms with Gasteiger partial charge in [0.1, 0.15) is 0 Å². The molecule has 3 N–H and O–H groups in total. The SMILES string of the molecule is CC(=O)NCCN1CCNC1O. The smallest absolute Gasteiger partial charge is 0.216 e. The van der Waals surface area contributed by atoms with Gasteiger partial charge in [-0.2, -0.15) is 0 Å². The Morgan fingerprint density at radius 1 is 1.83 bits per heavy atom. The van der Waals surface area contributed by atoms with Gasteiger partial charge in [0.2, 0.25) is 5.91 Å². The minimum Gasteiger partial charge on any atom is -0.365 e. The van der Waals surface area contributed by atoms with Crippen molar-refractivity contribution in [1.82, 2.24) is 15.5 Å². The van der Waals surface area contributed by atoms with Crippen LogP contribution in [0.4, 0.5) is 0 Å². The zero-order valence-electron chi connectivity index (χ0n) is 7.21. The molecule has 70 valence electrons. The molecule has 1 amide bonds. The number of nitrogens with one attached hydrogen (secondary N) is 2. The number of carbonyl (C=O) groups is 1. The number of rotatable bonds is 3. The summed E-state index contributed by atoms with van der Waals surface area (Å²) in [6, 6.07) is 0. The summed E-state index contributed by atoms with van der Waals surface area (Å²) in [4.78, 5) is 12.4. The number of hydrogen-bond donors (Lipinski definition) is 3. The molecule has 0 spiro atoms. The van der Waals surface area contributed by atoms with Crippen LogP contribution in [0.25, 0.3) is 0 Å². The summed E-state index contributed by atoms with van der Waals surface area (Å²) in [6.07, 6.45) is -0.543. The Hall–Kier alpha value is -0.650. The van der Waals surface area contributed by atoms with Crippen LogP contribution in [0.5, 0.6) is 0 Å². The van der Waals surface area contributed by atoms with Gasteiger partial charge in [-0.15, -0.1) is 0 Å². The molecule has 0 saturated carbocycles. The lowest BCUT2D eigenvalue weighted by atomic mass is 10.5. The first-order chi connectivity index (χ1) is 5.70. The van der Waals surface area contributed by atoms with Gasteiger partial charge in [0.05, 0.1) is 0 Å². The van der Waals surface area contributed by atoms with E-state index in [1.54, 1.807) is 0 Å². The second-order valence-corrected chi connectivity index (χ2v) is 2.85. The van der Waals surface area contributed by atoms with Crippen molar-refractivity contribution in [3.8, 4) is 0 Å². The normalized spacial score (nSPS) is 24.3. The van der Waals surface area contributed by atoms with Gasteiger partial charge in [0, 0.05) is 33.1 Å². The van der Waals surface area contributed by atoms with Crippen molar-refractivity contribution in [2.75, 3.05) is 26.2 Å². The molecular weight excluding hydrogens is 158 g/mol. The highest BCUT2D eigenvalue weighted by Crippen LogP contribution is 1.97. The molecule has 1 fully saturated rings. The quantitative estimate of drug-likeness (QED) is 0.476. The molecule has 0 aromatic rings. The van der Waals surface area contributed by atoms with E-state index >= 15 is 0 Å². The molecule has 0 radical (unpaired) electrons. The van der Waals surface area contributed by atoms with Crippen molar-refractivity contribution in [2.24, 2.45) is 0 Å². The maximum Gasteiger partial charge on any atom is 0.216 e. The van der Waals surface area contributed by atoms with E-state index < -0.39 is 6.35 Å². The van der Waals surface area contributed by atoms with E-state index in [0.29, 0.717) is 13.1 Å². The minimum atomic E-state index is -0.543. The molecule has 0 aromatic heterocycles. The Morgan fingerprint density at radius 2 is 2.58 bits per heavy atom. The summed E-state index contributed by atoms with van der Waals surface area (Å²) in [7, 11) is 0. The first-order valence-corrected chi connectivity index (χ1v) is 4.10. The number of carbonyl (C=O) groups excluding carboxylic acids is 1. The third-order valence-corrected chi connectivity index (χ3v) is 1.84. The summed E-state index contributed by atoms with van der Waals surface area (Å²) >= 11 is 0. The van der Waals surface area contributed by atoms with Crippen molar-refractivity contribution < 1.29 is 9.90 Å². The van der Waals surface area contributed by atoms with E-state index in [-0.39, 0.29) is 5.91 Å². The number of hydrogen-bond acceptors (Lipinski definition) is 4. The van der Waals surface area contributed by atoms with Crippen LogP contribution in [0.15, 0.2) is 0 Å². The fraction of sp³-hybridized carbons (Fsp3) is 0.857. The second-order valence-electron chi connectivity index (χ2n) is 2.85. The zero-order chi connectivity index (χ0) is 8.97. The lowest BCUT2D eigenvalue weighted by Gasteiger charge is -2.18. The predicted molar refractivity (Wildman–Crippen MR) is 44.3 cm³/mol. The van der Waals surface area contributed by atoms with Crippen LogP contribution in [-0.2, 0) is 4.79 Å². The monoisotopic (exact) mass is 173 g/mol. The molecule has 1 aliphatic rings. The van der Waals surface area contributed by atoms with Crippen LogP contribution < -0.4 is 10.6 Å². The number of aliphatic hydroxyl groups is 1. The van der Waals surface area contributed by atoms with Gasteiger partial charge in [-0.3, -0.25) is 15.0 Å². The van der Waals surface area contributed by atoms with Crippen molar-refractivity contribution >= 4 is 5.91 Å². The Kier molecular flexibility index (Phi) is 3.46. The Labute approximate surface area is 71.7 Å². The van der Waals surface area contributed by atoms with E-state index in [9.17, 15) is 9.90 Å². The molecule has 1 aliphatic heterocycles. The molecule has 0 aromatic carbocycles. The van der Waals surface area contributed by atoms with E-state index in [4.69, 9.17) is 0 Å². The molecule has 0 bridgehead atoms. The maximum absolute atomic E-state index is 10.5. The predicted octanol–water partition coefficient (Wildman–Crippen LogP) is -1.70. The van der Waals surface area contributed by atoms with Gasteiger partial charge < -0.3 is 10.4 Å². The number of nitrogens with zero attached hydrogens (tertiary/aromatic N) is 1. The third-order valence-electron chi connectivity index (χ3n) is 1.84. The fourth-order valence-corrected chi connectivity index (χ4v) is 1.20. The van der Waals surface area contributed by atoms with Crippen LogP contribution in [0.3, 0.4) is 0 Å². The largest absolute Gasteiger partial charge is 0.365 e. The van der Waals surface area contributed by atoms with Crippen molar-refractivity contribution in [2.45, 2.75) is 13.3 Å². The summed E-state index contributed by atoms with van der Waals surface area (Å²) in [5, 5.41) is 14.8. The maximum atomic E-state index is 10.5. The highest BCUT2D eigenvalue weighted by Gasteiger charge is 2.19. The Bertz CT molecular complexity index is 163. The average Bonchev–Trinajstić information content (AvgIpc) is 2.36. The molecule has 1 unspecified atom stereocenters. The highest BCUT2D eigenvalue weighted by molar-refractivity contribution is 5.72. The number of aliphatic hydroxyl groups excluding tert-OH is 1. The summed E-state index contributed by atoms with van der Waals surface area (Å²) in [6.45, 7) is 4.41. The van der Waals surface area contributed by atoms with E-state index in [1.807, 2.05) is 4.90 Å². The molecule has 1 saturated heterocycles. The van der Waals surface area contributed by atoms with Crippen LogP contribution in [0, 0.1) is 0 Å². The van der Waals surface area contributed by atoms with Crippen molar-refractivity contribution in [3.05, 3.63) is 0 Å². The Morgan fingerprint density at radius 3 is 3.08 bits per heavy atom. The molecular formula is C7H15N3O2. The standard InChI is InChI=1S/C7H15N3O2/c1-6(11)8-2-4-10-5-3-9-7(10)12/h7,9,12H,2-5H2,1H3,(H,8,11). The van der Waals surface area contributed by atoms with E-state index in [1.165, 1.54) is 6.92 Å². The van der Waals surface area contributed by atoms with Gasteiger partial charge in [-0.1, -0.05) is 0 Å². The fourth-order valence-electron chi connectivity index (χ4n) is 1.20. The molecule has 5 nitrogen and oxygen atoms in total. The molecule has 5 heteroatoms. The lowest BCUT2D eigenvalue weighted by molar-refractivity contribution is -0.119. The van der Waals surface area contributed by atoms with Crippen LogP contribution in [-0.4, -0.2) is 48.4 Å². The zero-order valence-corrected chi connectivity index (χ0v) is 7.21. The summed E-state index contributed by atoms with van der Waals surface area (Å²) < 4.78 is 0. The lowest BCUT2D eigenvalue weighted by Crippen LogP contribution is -2.40. The topological polar surface area (TPSA) is 64.6 Å². The molecule has 1 atom stereocenters. The van der Waals surface area contributed by atoms with Crippen LogP contribution >= 0.6 is 0 Å². The summed E-state index contributed by atoms with van der Waals surface area (Å²) in [5.41, 5.74) is 0. The first kappa shape index (κ1) is 9.44. The van der Waals surface area contributed by atoms with Crippen molar-refractivity contribution in [3.63, 3.8) is 0 Å². The highest BCUT2D eigenvalue weighted by atomic mass is 16.3. The van der Waals surface area contributed by atoms with Crippen molar-refractivity contribution in [1.29, 1.82) is 0 Å². The molecule has 12 heavy (non-hydrogen) atoms. The van der Waals surface area contributed by atoms with Gasteiger partial charge in [-0.05, 0) is 0 Å². The van der Waals surface area contributed by atoms with Gasteiger partial charge in [0.15, 0.2) is 6.35 Å². The minimum absolute atomic E-state index is 0.0309. The molecule has 1 heterocycles. The average molecular weight is 173 g/mol. The summed E-state index contributed by atoms with van der Waals surface area (Å²) in [5.74, 6) is -0.0309. The van der Waals surface area contributed by atoms with Gasteiger partial charge in [-0.25, -0.2) is 0 Å². The van der Waals surface area contributed by atoms with E-state index in [2.05, 4.69) is 10.6 Å². The number of amides is 1. The first-order valence-electron chi connectivity index (χ1n) is 4.10. The second kappa shape index (κ2) is 4.39. The van der Waals surface area contributed by atoms with Crippen LogP contribution in [0.1, 0.15) is 6.92 Å². The van der Waals surface area contributed by atoms with Gasteiger partial charge >= 0.3 is 0 Å². The van der Waals surface area contributed by atoms with Crippen LogP contribution in [0.2, 0.25) is 0 Å².